The summed E-state index contributed by atoms with van der Waals surface area (Å²) in [6, 6.07) is 0.340. The highest BCUT2D eigenvalue weighted by Crippen LogP contribution is 2.21. The van der Waals surface area contributed by atoms with E-state index in [1.165, 1.54) is 6.42 Å². The van der Waals surface area contributed by atoms with E-state index >= 15 is 0 Å². The van der Waals surface area contributed by atoms with Gasteiger partial charge in [0.2, 0.25) is 0 Å². The van der Waals surface area contributed by atoms with Crippen molar-refractivity contribution in [1.29, 1.82) is 0 Å². The highest BCUT2D eigenvalue weighted by atomic mass is 16.3. The standard InChI is InChI=1S/C10H18N4O/c1-7(9-6-11-14-13-9)12-8-4-2-3-5-10(8)15/h6-8,10,12,15H,2-5H2,1H3,(H,11,13,14)/t7?,8-,10-/m1/s1. The Balaban J connectivity index is 1.90. The average Bonchev–Trinajstić information content (AvgIpc) is 2.74. The third kappa shape index (κ3) is 2.54. The molecule has 2 rings (SSSR count). The Morgan fingerprint density at radius 2 is 2.33 bits per heavy atom. The molecule has 3 N–H and O–H groups in total. The van der Waals surface area contributed by atoms with Crippen molar-refractivity contribution in [3.8, 4) is 0 Å². The summed E-state index contributed by atoms with van der Waals surface area (Å²) in [4.78, 5) is 0. The lowest BCUT2D eigenvalue weighted by Gasteiger charge is -2.30. The van der Waals surface area contributed by atoms with E-state index in [0.29, 0.717) is 0 Å². The van der Waals surface area contributed by atoms with Gasteiger partial charge in [0.15, 0.2) is 0 Å². The van der Waals surface area contributed by atoms with E-state index in [1.54, 1.807) is 6.20 Å². The zero-order chi connectivity index (χ0) is 10.7. The average molecular weight is 210 g/mol. The van der Waals surface area contributed by atoms with Gasteiger partial charge in [0.1, 0.15) is 0 Å². The zero-order valence-electron chi connectivity index (χ0n) is 8.98. The number of hydrogen-bond donors (Lipinski definition) is 3. The van der Waals surface area contributed by atoms with Gasteiger partial charge in [-0.3, -0.25) is 0 Å². The van der Waals surface area contributed by atoms with Gasteiger partial charge in [-0.15, -0.1) is 0 Å². The molecule has 1 aliphatic rings. The Kier molecular flexibility index (Phi) is 3.33. The second kappa shape index (κ2) is 4.72. The van der Waals surface area contributed by atoms with Gasteiger partial charge in [0, 0.05) is 6.04 Å². The molecule has 0 amide bonds. The normalized spacial score (nSPS) is 28.9. The minimum atomic E-state index is -0.215. The molecule has 1 heterocycles. The lowest BCUT2D eigenvalue weighted by atomic mass is 9.92. The van der Waals surface area contributed by atoms with Gasteiger partial charge in [-0.05, 0) is 19.8 Å². The van der Waals surface area contributed by atoms with E-state index in [2.05, 4.69) is 20.7 Å². The first-order chi connectivity index (χ1) is 7.27. The summed E-state index contributed by atoms with van der Waals surface area (Å²) in [5.41, 5.74) is 0.896. The molecule has 1 aliphatic carbocycles. The van der Waals surface area contributed by atoms with Crippen molar-refractivity contribution >= 4 is 0 Å². The number of rotatable bonds is 3. The summed E-state index contributed by atoms with van der Waals surface area (Å²) >= 11 is 0. The van der Waals surface area contributed by atoms with E-state index in [0.717, 1.165) is 25.0 Å². The van der Waals surface area contributed by atoms with Crippen molar-refractivity contribution in [3.05, 3.63) is 11.9 Å². The van der Waals surface area contributed by atoms with Crippen LogP contribution in [-0.4, -0.2) is 32.7 Å². The summed E-state index contributed by atoms with van der Waals surface area (Å²) in [5.74, 6) is 0. The molecule has 1 unspecified atom stereocenters. The molecule has 5 nitrogen and oxygen atoms in total. The molecule has 0 saturated heterocycles. The number of aliphatic hydroxyl groups is 1. The van der Waals surface area contributed by atoms with Crippen LogP contribution in [0.25, 0.3) is 0 Å². The molecule has 0 spiro atoms. The SMILES string of the molecule is CC(N[C@@H]1CCCC[C@H]1O)c1cn[nH]n1. The third-order valence-electron chi connectivity index (χ3n) is 3.07. The quantitative estimate of drug-likeness (QED) is 0.688. The van der Waals surface area contributed by atoms with Gasteiger partial charge in [0.05, 0.1) is 24.0 Å². The molecule has 0 bridgehead atoms. The van der Waals surface area contributed by atoms with Crippen molar-refractivity contribution in [3.63, 3.8) is 0 Å². The molecule has 0 aromatic carbocycles. The molecular formula is C10H18N4O. The summed E-state index contributed by atoms with van der Waals surface area (Å²) in [6.45, 7) is 2.04. The van der Waals surface area contributed by atoms with Crippen molar-refractivity contribution in [2.45, 2.75) is 50.8 Å². The predicted octanol–water partition coefficient (Wildman–Crippen LogP) is 0.759. The Bertz CT molecular complexity index is 288. The fourth-order valence-electron chi connectivity index (χ4n) is 2.13. The molecule has 1 saturated carbocycles. The van der Waals surface area contributed by atoms with Crippen LogP contribution >= 0.6 is 0 Å². The molecule has 0 aliphatic heterocycles. The fraction of sp³-hybridized carbons (Fsp3) is 0.800. The molecule has 84 valence electrons. The maximum atomic E-state index is 9.81. The predicted molar refractivity (Wildman–Crippen MR) is 56.2 cm³/mol. The Morgan fingerprint density at radius 3 is 3.00 bits per heavy atom. The molecular weight excluding hydrogens is 192 g/mol. The topological polar surface area (TPSA) is 73.8 Å². The zero-order valence-corrected chi connectivity index (χ0v) is 8.98. The van der Waals surface area contributed by atoms with Crippen LogP contribution in [-0.2, 0) is 0 Å². The molecule has 3 atom stereocenters. The van der Waals surface area contributed by atoms with E-state index in [9.17, 15) is 5.11 Å². The second-order valence-corrected chi connectivity index (χ2v) is 4.24. The first-order valence-electron chi connectivity index (χ1n) is 5.57. The van der Waals surface area contributed by atoms with Gasteiger partial charge >= 0.3 is 0 Å². The summed E-state index contributed by atoms with van der Waals surface area (Å²) in [6.07, 6.45) is 5.78. The van der Waals surface area contributed by atoms with E-state index in [4.69, 9.17) is 0 Å². The molecule has 5 heteroatoms. The van der Waals surface area contributed by atoms with Crippen LogP contribution in [0.1, 0.15) is 44.3 Å². The summed E-state index contributed by atoms with van der Waals surface area (Å²) in [7, 11) is 0. The minimum absolute atomic E-state index is 0.140. The second-order valence-electron chi connectivity index (χ2n) is 4.24. The Hall–Kier alpha value is -0.940. The minimum Gasteiger partial charge on any atom is -0.392 e. The number of hydrogen-bond acceptors (Lipinski definition) is 4. The maximum absolute atomic E-state index is 9.81. The van der Waals surface area contributed by atoms with Crippen molar-refractivity contribution < 1.29 is 5.11 Å². The van der Waals surface area contributed by atoms with Crippen LogP contribution in [0.4, 0.5) is 0 Å². The van der Waals surface area contributed by atoms with Crippen molar-refractivity contribution in [2.24, 2.45) is 0 Å². The number of nitrogens with zero attached hydrogens (tertiary/aromatic N) is 2. The first-order valence-corrected chi connectivity index (χ1v) is 5.57. The molecule has 0 radical (unpaired) electrons. The summed E-state index contributed by atoms with van der Waals surface area (Å²) < 4.78 is 0. The van der Waals surface area contributed by atoms with Crippen LogP contribution in [0, 0.1) is 0 Å². The largest absolute Gasteiger partial charge is 0.392 e. The van der Waals surface area contributed by atoms with Gasteiger partial charge in [-0.2, -0.15) is 15.4 Å². The van der Waals surface area contributed by atoms with Crippen molar-refractivity contribution in [2.75, 3.05) is 0 Å². The van der Waals surface area contributed by atoms with Gasteiger partial charge < -0.3 is 10.4 Å². The van der Waals surface area contributed by atoms with Gasteiger partial charge in [0.25, 0.3) is 0 Å². The van der Waals surface area contributed by atoms with Crippen LogP contribution < -0.4 is 5.32 Å². The number of aromatic nitrogens is 3. The number of aromatic amines is 1. The molecule has 1 fully saturated rings. The van der Waals surface area contributed by atoms with Gasteiger partial charge in [-0.1, -0.05) is 12.8 Å². The third-order valence-corrected chi connectivity index (χ3v) is 3.07. The molecule has 15 heavy (non-hydrogen) atoms. The number of nitrogens with one attached hydrogen (secondary N) is 2. The highest BCUT2D eigenvalue weighted by molar-refractivity contribution is 4.99. The lowest BCUT2D eigenvalue weighted by Crippen LogP contribution is -2.43. The first kappa shape index (κ1) is 10.6. The highest BCUT2D eigenvalue weighted by Gasteiger charge is 2.24. The molecule has 1 aromatic heterocycles. The molecule has 1 aromatic rings. The van der Waals surface area contributed by atoms with Crippen LogP contribution in [0.15, 0.2) is 6.20 Å². The van der Waals surface area contributed by atoms with E-state index in [-0.39, 0.29) is 18.2 Å². The Morgan fingerprint density at radius 1 is 1.53 bits per heavy atom. The number of aliphatic hydroxyl groups excluding tert-OH is 1. The van der Waals surface area contributed by atoms with E-state index < -0.39 is 0 Å². The monoisotopic (exact) mass is 210 g/mol. The lowest BCUT2D eigenvalue weighted by molar-refractivity contribution is 0.0857. The number of H-pyrrole nitrogens is 1. The van der Waals surface area contributed by atoms with E-state index in [1.807, 2.05) is 6.92 Å². The fourth-order valence-corrected chi connectivity index (χ4v) is 2.13. The Labute approximate surface area is 89.3 Å². The van der Waals surface area contributed by atoms with Crippen molar-refractivity contribution in [1.82, 2.24) is 20.7 Å². The van der Waals surface area contributed by atoms with Crippen LogP contribution in [0.3, 0.4) is 0 Å². The smallest absolute Gasteiger partial charge is 0.0991 e. The summed E-state index contributed by atoms with van der Waals surface area (Å²) in [5, 5.41) is 23.6. The van der Waals surface area contributed by atoms with Crippen LogP contribution in [0.2, 0.25) is 0 Å². The van der Waals surface area contributed by atoms with Gasteiger partial charge in [-0.25, -0.2) is 0 Å². The maximum Gasteiger partial charge on any atom is 0.0991 e. The van der Waals surface area contributed by atoms with Crippen LogP contribution in [0.5, 0.6) is 0 Å².